The van der Waals surface area contributed by atoms with E-state index < -0.39 is 0 Å². The van der Waals surface area contributed by atoms with Crippen LogP contribution in [0.25, 0.3) is 0 Å². The number of aryl methyl sites for hydroxylation is 1. The molecule has 0 bridgehead atoms. The van der Waals surface area contributed by atoms with Crippen molar-refractivity contribution < 1.29 is 9.13 Å². The molecule has 1 aromatic carbocycles. The summed E-state index contributed by atoms with van der Waals surface area (Å²) >= 11 is 0. The van der Waals surface area contributed by atoms with Crippen LogP contribution < -0.4 is 10.1 Å². The summed E-state index contributed by atoms with van der Waals surface area (Å²) in [6.45, 7) is 3.68. The molecule has 0 aliphatic carbocycles. The summed E-state index contributed by atoms with van der Waals surface area (Å²) in [6.07, 6.45) is 0.982. The van der Waals surface area contributed by atoms with Gasteiger partial charge in [0.15, 0.2) is 0 Å². The summed E-state index contributed by atoms with van der Waals surface area (Å²) < 4.78 is 19.1. The van der Waals surface area contributed by atoms with E-state index in [-0.39, 0.29) is 11.7 Å². The van der Waals surface area contributed by atoms with Gasteiger partial charge in [0, 0.05) is 18.0 Å². The zero-order valence-electron chi connectivity index (χ0n) is 9.14. The highest BCUT2D eigenvalue weighted by Crippen LogP contribution is 2.33. The molecule has 1 atom stereocenters. The fraction of sp³-hybridized carbons (Fsp3) is 0.500. The Kier molecular flexibility index (Phi) is 2.91. The molecule has 1 heterocycles. The van der Waals surface area contributed by atoms with Crippen molar-refractivity contribution in [1.29, 1.82) is 0 Å². The maximum absolute atomic E-state index is 13.8. The zero-order valence-corrected chi connectivity index (χ0v) is 9.14. The minimum Gasteiger partial charge on any atom is -0.496 e. The summed E-state index contributed by atoms with van der Waals surface area (Å²) in [6, 6.07) is 3.48. The van der Waals surface area contributed by atoms with Crippen molar-refractivity contribution in [1.82, 2.24) is 5.32 Å². The predicted molar refractivity (Wildman–Crippen MR) is 57.9 cm³/mol. The van der Waals surface area contributed by atoms with Crippen molar-refractivity contribution >= 4 is 0 Å². The Morgan fingerprint density at radius 2 is 2.27 bits per heavy atom. The first-order chi connectivity index (χ1) is 7.22. The van der Waals surface area contributed by atoms with Crippen LogP contribution >= 0.6 is 0 Å². The largest absolute Gasteiger partial charge is 0.496 e. The highest BCUT2D eigenvalue weighted by atomic mass is 19.1. The van der Waals surface area contributed by atoms with Gasteiger partial charge in [0.05, 0.1) is 7.11 Å². The number of nitrogens with one attached hydrogen (secondary N) is 1. The topological polar surface area (TPSA) is 21.3 Å². The van der Waals surface area contributed by atoms with E-state index in [0.29, 0.717) is 5.75 Å². The first-order valence-electron chi connectivity index (χ1n) is 5.27. The van der Waals surface area contributed by atoms with Gasteiger partial charge in [0.2, 0.25) is 0 Å². The SMILES string of the molecule is COc1cc(C)cc(F)c1C1CCNC1. The van der Waals surface area contributed by atoms with Gasteiger partial charge in [-0.1, -0.05) is 0 Å². The first kappa shape index (κ1) is 10.4. The van der Waals surface area contributed by atoms with Gasteiger partial charge in [0.25, 0.3) is 0 Å². The molecular weight excluding hydrogens is 193 g/mol. The molecular formula is C12H16FNO. The molecule has 0 amide bonds. The first-order valence-corrected chi connectivity index (χ1v) is 5.27. The monoisotopic (exact) mass is 209 g/mol. The minimum atomic E-state index is -0.138. The Labute approximate surface area is 89.4 Å². The highest BCUT2D eigenvalue weighted by molar-refractivity contribution is 5.41. The van der Waals surface area contributed by atoms with E-state index in [0.717, 1.165) is 30.6 Å². The minimum absolute atomic E-state index is 0.138. The standard InChI is InChI=1S/C12H16FNO/c1-8-5-10(13)12(11(6-8)15-2)9-3-4-14-7-9/h5-6,9,14H,3-4,7H2,1-2H3. The molecule has 1 fully saturated rings. The Morgan fingerprint density at radius 3 is 2.87 bits per heavy atom. The number of rotatable bonds is 2. The third-order valence-corrected chi connectivity index (χ3v) is 2.92. The van der Waals surface area contributed by atoms with Crippen molar-refractivity contribution in [3.8, 4) is 5.75 Å². The summed E-state index contributed by atoms with van der Waals surface area (Å²) in [5.41, 5.74) is 1.63. The summed E-state index contributed by atoms with van der Waals surface area (Å²) in [5, 5.41) is 3.24. The number of benzene rings is 1. The van der Waals surface area contributed by atoms with E-state index in [2.05, 4.69) is 5.32 Å². The molecule has 15 heavy (non-hydrogen) atoms. The fourth-order valence-corrected chi connectivity index (χ4v) is 2.19. The average molecular weight is 209 g/mol. The zero-order chi connectivity index (χ0) is 10.8. The maximum Gasteiger partial charge on any atom is 0.130 e. The Bertz CT molecular complexity index is 359. The van der Waals surface area contributed by atoms with E-state index >= 15 is 0 Å². The molecule has 1 aliphatic rings. The quantitative estimate of drug-likeness (QED) is 0.806. The molecule has 2 rings (SSSR count). The van der Waals surface area contributed by atoms with Gasteiger partial charge >= 0.3 is 0 Å². The van der Waals surface area contributed by atoms with Crippen LogP contribution in [-0.2, 0) is 0 Å². The molecule has 1 N–H and O–H groups in total. The third-order valence-electron chi connectivity index (χ3n) is 2.92. The van der Waals surface area contributed by atoms with Gasteiger partial charge in [-0.15, -0.1) is 0 Å². The molecule has 0 spiro atoms. The molecule has 3 heteroatoms. The number of hydrogen-bond acceptors (Lipinski definition) is 2. The van der Waals surface area contributed by atoms with Gasteiger partial charge in [-0.05, 0) is 37.6 Å². The van der Waals surface area contributed by atoms with Crippen LogP contribution in [0, 0.1) is 12.7 Å². The van der Waals surface area contributed by atoms with Crippen LogP contribution in [0.5, 0.6) is 5.75 Å². The molecule has 1 aliphatic heterocycles. The van der Waals surface area contributed by atoms with Gasteiger partial charge in [-0.3, -0.25) is 0 Å². The van der Waals surface area contributed by atoms with Gasteiger partial charge in [-0.2, -0.15) is 0 Å². The number of hydrogen-bond donors (Lipinski definition) is 1. The summed E-state index contributed by atoms with van der Waals surface area (Å²) in [5.74, 6) is 0.794. The Balaban J connectivity index is 2.43. The molecule has 0 saturated carbocycles. The number of ether oxygens (including phenoxy) is 1. The predicted octanol–water partition coefficient (Wildman–Crippen LogP) is 2.22. The molecule has 0 aromatic heterocycles. The van der Waals surface area contributed by atoms with Crippen molar-refractivity contribution in [2.75, 3.05) is 20.2 Å². The highest BCUT2D eigenvalue weighted by Gasteiger charge is 2.23. The lowest BCUT2D eigenvalue weighted by molar-refractivity contribution is 0.399. The van der Waals surface area contributed by atoms with Crippen LogP contribution in [0.3, 0.4) is 0 Å². The van der Waals surface area contributed by atoms with E-state index in [1.54, 1.807) is 13.2 Å². The fourth-order valence-electron chi connectivity index (χ4n) is 2.19. The van der Waals surface area contributed by atoms with Gasteiger partial charge in [-0.25, -0.2) is 4.39 Å². The van der Waals surface area contributed by atoms with Crippen molar-refractivity contribution in [3.05, 3.63) is 29.1 Å². The van der Waals surface area contributed by atoms with Crippen molar-refractivity contribution in [2.24, 2.45) is 0 Å². The van der Waals surface area contributed by atoms with Crippen LogP contribution in [-0.4, -0.2) is 20.2 Å². The van der Waals surface area contributed by atoms with Crippen molar-refractivity contribution in [3.63, 3.8) is 0 Å². The van der Waals surface area contributed by atoms with E-state index in [4.69, 9.17) is 4.74 Å². The van der Waals surface area contributed by atoms with Gasteiger partial charge in [0.1, 0.15) is 11.6 Å². The van der Waals surface area contributed by atoms with Crippen LogP contribution in [0.4, 0.5) is 4.39 Å². The number of methoxy groups -OCH3 is 1. The number of halogens is 1. The Hall–Kier alpha value is -1.09. The van der Waals surface area contributed by atoms with Gasteiger partial charge < -0.3 is 10.1 Å². The third kappa shape index (κ3) is 1.97. The second-order valence-electron chi connectivity index (χ2n) is 4.05. The second-order valence-corrected chi connectivity index (χ2v) is 4.05. The Morgan fingerprint density at radius 1 is 1.47 bits per heavy atom. The normalized spacial score (nSPS) is 20.6. The lowest BCUT2D eigenvalue weighted by Crippen LogP contribution is -2.10. The van der Waals surface area contributed by atoms with E-state index in [1.165, 1.54) is 0 Å². The molecule has 82 valence electrons. The average Bonchev–Trinajstić information content (AvgIpc) is 2.69. The van der Waals surface area contributed by atoms with E-state index in [9.17, 15) is 4.39 Å². The lowest BCUT2D eigenvalue weighted by atomic mass is 9.95. The molecule has 1 saturated heterocycles. The maximum atomic E-state index is 13.8. The second kappa shape index (κ2) is 4.19. The van der Waals surface area contributed by atoms with Crippen LogP contribution in [0.15, 0.2) is 12.1 Å². The lowest BCUT2D eigenvalue weighted by Gasteiger charge is -2.15. The molecule has 1 aromatic rings. The smallest absolute Gasteiger partial charge is 0.130 e. The summed E-state index contributed by atoms with van der Waals surface area (Å²) in [7, 11) is 1.60. The molecule has 0 radical (unpaired) electrons. The van der Waals surface area contributed by atoms with Crippen LogP contribution in [0.1, 0.15) is 23.5 Å². The van der Waals surface area contributed by atoms with Crippen molar-refractivity contribution in [2.45, 2.75) is 19.3 Å². The van der Waals surface area contributed by atoms with E-state index in [1.807, 2.05) is 13.0 Å². The molecule has 1 unspecified atom stereocenters. The van der Waals surface area contributed by atoms with Crippen LogP contribution in [0.2, 0.25) is 0 Å². The summed E-state index contributed by atoms with van der Waals surface area (Å²) in [4.78, 5) is 0. The molecule has 2 nitrogen and oxygen atoms in total.